The van der Waals surface area contributed by atoms with Crippen LogP contribution in [0, 0.1) is 5.92 Å². The van der Waals surface area contributed by atoms with Gasteiger partial charge in [0.05, 0.1) is 26.2 Å². The predicted molar refractivity (Wildman–Crippen MR) is 143 cm³/mol. The molecule has 1 saturated carbocycles. The Kier molecular flexibility index (Phi) is 11.4. The first-order chi connectivity index (χ1) is 19.0. The molecule has 1 aromatic rings. The number of hydrogen-bond acceptors (Lipinski definition) is 6. The Morgan fingerprint density at radius 2 is 1.62 bits per heavy atom. The normalized spacial score (nSPS) is 20.9. The number of aromatic nitrogens is 1. The zero-order valence-electron chi connectivity index (χ0n) is 23.2. The maximum Gasteiger partial charge on any atom is 0.326 e. The van der Waals surface area contributed by atoms with Gasteiger partial charge in [-0.05, 0) is 43.9 Å². The highest BCUT2D eigenvalue weighted by atomic mass is 19.3. The topological polar surface area (TPSA) is 109 Å². The highest BCUT2D eigenvalue weighted by Crippen LogP contribution is 2.39. The van der Waals surface area contributed by atoms with Crippen LogP contribution >= 0.6 is 0 Å². The Balaban J connectivity index is 0.000000342. The Hall–Kier alpha value is -2.63. The number of amides is 1. The van der Waals surface area contributed by atoms with E-state index in [1.807, 2.05) is 0 Å². The van der Waals surface area contributed by atoms with Gasteiger partial charge in [0.25, 0.3) is 17.8 Å². The molecular weight excluding hydrogens is 532 g/mol. The van der Waals surface area contributed by atoms with Gasteiger partial charge < -0.3 is 25.4 Å². The molecule has 0 aromatic carbocycles. The summed E-state index contributed by atoms with van der Waals surface area (Å²) < 4.78 is 59.5. The third kappa shape index (κ3) is 9.49. The number of alkyl halides is 4. The van der Waals surface area contributed by atoms with Crippen molar-refractivity contribution in [2.45, 2.75) is 95.4 Å². The van der Waals surface area contributed by atoms with Crippen molar-refractivity contribution in [1.82, 2.24) is 9.88 Å². The van der Waals surface area contributed by atoms with Crippen LogP contribution in [0.5, 0.6) is 5.88 Å². The molecule has 40 heavy (non-hydrogen) atoms. The minimum Gasteiger partial charge on any atom is -0.480 e. The molecule has 1 aliphatic carbocycles. The van der Waals surface area contributed by atoms with Crippen LogP contribution in [-0.2, 0) is 4.79 Å². The van der Waals surface area contributed by atoms with Crippen LogP contribution in [0.15, 0.2) is 12.1 Å². The predicted octanol–water partition coefficient (Wildman–Crippen LogP) is 5.35. The number of likely N-dealkylation sites (tertiary alicyclic amines) is 1. The molecule has 2 aliphatic heterocycles. The van der Waals surface area contributed by atoms with Crippen LogP contribution in [0.4, 0.5) is 23.2 Å². The first kappa shape index (κ1) is 31.9. The fourth-order valence-corrected chi connectivity index (χ4v) is 4.74. The number of halogens is 4. The van der Waals surface area contributed by atoms with E-state index in [-0.39, 0.29) is 17.3 Å². The van der Waals surface area contributed by atoms with E-state index in [9.17, 15) is 32.3 Å². The number of aliphatic carboxylic acids is 1. The van der Waals surface area contributed by atoms with Crippen molar-refractivity contribution in [3.8, 4) is 5.88 Å². The molecule has 0 spiro atoms. The minimum absolute atomic E-state index is 0.0314. The van der Waals surface area contributed by atoms with E-state index in [1.54, 1.807) is 0 Å². The van der Waals surface area contributed by atoms with Crippen LogP contribution in [0.1, 0.15) is 88.0 Å². The monoisotopic (exact) mass is 574 g/mol. The van der Waals surface area contributed by atoms with Crippen LogP contribution in [0.3, 0.4) is 0 Å². The average molecular weight is 575 g/mol. The quantitative estimate of drug-likeness (QED) is 0.228. The lowest BCUT2D eigenvalue weighted by Crippen LogP contribution is -2.56. The molecule has 1 atom stereocenters. The second-order valence-corrected chi connectivity index (χ2v) is 11.1. The summed E-state index contributed by atoms with van der Waals surface area (Å²) in [5, 5.41) is 9.17. The number of nitrogens with two attached hydrogens (primary N) is 1. The average Bonchev–Trinajstić information content (AvgIpc) is 3.66. The van der Waals surface area contributed by atoms with Crippen LogP contribution in [-0.4, -0.2) is 77.5 Å². The van der Waals surface area contributed by atoms with Gasteiger partial charge in [0, 0.05) is 6.42 Å². The van der Waals surface area contributed by atoms with Crippen molar-refractivity contribution in [2.75, 3.05) is 37.7 Å². The first-order valence-electron chi connectivity index (χ1n) is 14.3. The van der Waals surface area contributed by atoms with Crippen LogP contribution in [0.2, 0.25) is 0 Å². The maximum absolute atomic E-state index is 13.7. The van der Waals surface area contributed by atoms with E-state index in [0.717, 1.165) is 19.4 Å². The van der Waals surface area contributed by atoms with Gasteiger partial charge in [0.2, 0.25) is 5.88 Å². The fraction of sp³-hybridized carbons (Fsp3) is 0.750. The smallest absolute Gasteiger partial charge is 0.326 e. The second kappa shape index (κ2) is 14.3. The number of ether oxygens (including phenoxy) is 1. The molecule has 0 bridgehead atoms. The molecule has 3 N–H and O–H groups in total. The second-order valence-electron chi connectivity index (χ2n) is 11.1. The van der Waals surface area contributed by atoms with Gasteiger partial charge in [-0.3, -0.25) is 4.79 Å². The van der Waals surface area contributed by atoms with Crippen molar-refractivity contribution in [3.63, 3.8) is 0 Å². The summed E-state index contributed by atoms with van der Waals surface area (Å²) in [6.45, 7) is 1.38. The third-order valence-electron chi connectivity index (χ3n) is 7.27. The zero-order chi connectivity index (χ0) is 29.3. The molecule has 12 heteroatoms. The molecule has 3 aliphatic rings. The number of unbranched alkanes of at least 4 members (excludes halogenated alkanes) is 7. The van der Waals surface area contributed by atoms with Gasteiger partial charge in [0.15, 0.2) is 0 Å². The van der Waals surface area contributed by atoms with E-state index in [0.29, 0.717) is 17.4 Å². The molecule has 1 aromatic heterocycles. The minimum atomic E-state index is -3.31. The Morgan fingerprint density at radius 1 is 1.00 bits per heavy atom. The number of hydrogen-bond donors (Lipinski definition) is 2. The number of carboxylic acid groups (broad SMARTS) is 1. The summed E-state index contributed by atoms with van der Waals surface area (Å²) in [6.07, 6.45) is 12.0. The number of pyridine rings is 1. The van der Waals surface area contributed by atoms with E-state index in [4.69, 9.17) is 10.5 Å². The summed E-state index contributed by atoms with van der Waals surface area (Å²) in [4.78, 5) is 30.0. The van der Waals surface area contributed by atoms with Crippen molar-refractivity contribution < 1.29 is 37.0 Å². The molecule has 1 amide bonds. The highest BCUT2D eigenvalue weighted by Gasteiger charge is 2.51. The van der Waals surface area contributed by atoms with Gasteiger partial charge in [-0.25, -0.2) is 27.3 Å². The van der Waals surface area contributed by atoms with E-state index >= 15 is 0 Å². The van der Waals surface area contributed by atoms with Gasteiger partial charge in [0.1, 0.15) is 17.4 Å². The number of rotatable bonds is 14. The molecule has 8 nitrogen and oxygen atoms in total. The summed E-state index contributed by atoms with van der Waals surface area (Å²) in [6, 6.07) is 0.929. The van der Waals surface area contributed by atoms with Crippen LogP contribution < -0.4 is 15.4 Å². The number of carboxylic acids is 1. The summed E-state index contributed by atoms with van der Waals surface area (Å²) in [7, 11) is 0. The van der Waals surface area contributed by atoms with Gasteiger partial charge >= 0.3 is 5.97 Å². The molecule has 3 fully saturated rings. The molecule has 2 saturated heterocycles. The highest BCUT2D eigenvalue weighted by molar-refractivity contribution is 5.96. The SMILES string of the molecule is CCCCCCCCCCN.O=C(O)[C@@H]1CC(F)(F)CN1C(=O)c1ccc(N2CC(F)(F)C2)c(OCC2CC2)n1. The van der Waals surface area contributed by atoms with Crippen LogP contribution in [0.25, 0.3) is 0 Å². The number of carbonyl (C=O) groups excluding carboxylic acids is 1. The number of carbonyl (C=O) groups is 2. The lowest BCUT2D eigenvalue weighted by Gasteiger charge is -2.40. The molecule has 0 unspecified atom stereocenters. The van der Waals surface area contributed by atoms with E-state index in [2.05, 4.69) is 11.9 Å². The first-order valence-corrected chi connectivity index (χ1v) is 14.3. The standard InChI is InChI=1S/C18H19F4N3O4.C10H23N/c19-17(20)5-13(16(27)28)25(9-17)15(26)11-3-4-12(24-7-18(21,22)8-24)14(23-11)29-6-10-1-2-10;1-2-3-4-5-6-7-8-9-10-11/h3-4,10,13H,1-2,5-9H2,(H,27,28);2-11H2,1H3/t13-;/m0./s1. The maximum atomic E-state index is 13.7. The van der Waals surface area contributed by atoms with Crippen molar-refractivity contribution in [1.29, 1.82) is 0 Å². The fourth-order valence-electron chi connectivity index (χ4n) is 4.74. The molecular formula is C28H42F4N4O4. The van der Waals surface area contributed by atoms with Crippen molar-refractivity contribution in [2.24, 2.45) is 11.7 Å². The number of anilines is 1. The third-order valence-corrected chi connectivity index (χ3v) is 7.27. The molecule has 3 heterocycles. The van der Waals surface area contributed by atoms with Gasteiger partial charge in [-0.1, -0.05) is 51.9 Å². The summed E-state index contributed by atoms with van der Waals surface area (Å²) in [5.41, 5.74) is 5.41. The lowest BCUT2D eigenvalue weighted by molar-refractivity contribution is -0.141. The number of nitrogens with zero attached hydrogens (tertiary/aromatic N) is 3. The van der Waals surface area contributed by atoms with Gasteiger partial charge in [-0.15, -0.1) is 0 Å². The van der Waals surface area contributed by atoms with E-state index in [1.165, 1.54) is 68.4 Å². The van der Waals surface area contributed by atoms with Gasteiger partial charge in [-0.2, -0.15) is 0 Å². The molecule has 4 rings (SSSR count). The molecule has 226 valence electrons. The van der Waals surface area contributed by atoms with Crippen molar-refractivity contribution in [3.05, 3.63) is 17.8 Å². The zero-order valence-corrected chi connectivity index (χ0v) is 23.2. The Morgan fingerprint density at radius 3 is 2.17 bits per heavy atom. The van der Waals surface area contributed by atoms with E-state index < -0.39 is 55.8 Å². The summed E-state index contributed by atoms with van der Waals surface area (Å²) in [5.74, 6) is -8.33. The van der Waals surface area contributed by atoms with Crippen molar-refractivity contribution >= 4 is 17.6 Å². The summed E-state index contributed by atoms with van der Waals surface area (Å²) >= 11 is 0. The lowest BCUT2D eigenvalue weighted by atomic mass is 10.1. The largest absolute Gasteiger partial charge is 0.480 e. The molecule has 0 radical (unpaired) electrons. The Labute approximate surface area is 233 Å². The Bertz CT molecular complexity index is 977.